The molecule has 1 N–H and O–H groups in total. The summed E-state index contributed by atoms with van der Waals surface area (Å²) < 4.78 is 0. The first-order chi connectivity index (χ1) is 6.29. The third-order valence-electron chi connectivity index (χ3n) is 1.42. The molecule has 0 unspecified atom stereocenters. The van der Waals surface area contributed by atoms with Crippen LogP contribution in [0.4, 0.5) is 0 Å². The van der Waals surface area contributed by atoms with Gasteiger partial charge in [-0.1, -0.05) is 23.2 Å². The highest BCUT2D eigenvalue weighted by Crippen LogP contribution is 2.05. The highest BCUT2D eigenvalue weighted by molar-refractivity contribution is 6.00. The van der Waals surface area contributed by atoms with Gasteiger partial charge in [0, 0.05) is 5.56 Å². The fourth-order valence-electron chi connectivity index (χ4n) is 0.863. The van der Waals surface area contributed by atoms with Crippen molar-refractivity contribution in [2.24, 2.45) is 0 Å². The molecule has 0 atom stereocenters. The van der Waals surface area contributed by atoms with Gasteiger partial charge in [0.15, 0.2) is 0 Å². The van der Waals surface area contributed by atoms with Gasteiger partial charge in [-0.25, -0.2) is 0 Å². The normalized spacial score (nSPS) is 9.31. The highest BCUT2D eigenvalue weighted by Gasteiger charge is 2.10. The van der Waals surface area contributed by atoms with Gasteiger partial charge >= 0.3 is 0 Å². The fourth-order valence-corrected chi connectivity index (χ4v) is 0.863. The topological polar surface area (TPSA) is 75.3 Å². The summed E-state index contributed by atoms with van der Waals surface area (Å²) in [4.78, 5) is 24.5. The Kier molecular flexibility index (Phi) is 3.13. The lowest BCUT2D eigenvalue weighted by Gasteiger charge is -2.00. The molecule has 1 amide bonds. The van der Waals surface area contributed by atoms with E-state index in [1.165, 1.54) is 12.1 Å². The quantitative estimate of drug-likeness (QED) is 0.530. The number of hydroxylamine groups is 1. The van der Waals surface area contributed by atoms with E-state index in [9.17, 15) is 14.8 Å². The summed E-state index contributed by atoms with van der Waals surface area (Å²) in [5.74, 6) is -0.769. The average Bonchev–Trinajstić information content (AvgIpc) is 2.18. The van der Waals surface area contributed by atoms with Crippen molar-refractivity contribution in [2.45, 2.75) is 0 Å². The number of hydrogen-bond donors (Lipinski definition) is 1. The van der Waals surface area contributed by atoms with Gasteiger partial charge in [0.1, 0.15) is 0 Å². The van der Waals surface area contributed by atoms with Gasteiger partial charge in [0.2, 0.25) is 6.29 Å². The Labute approximate surface area is 73.8 Å². The molecule has 0 saturated heterocycles. The van der Waals surface area contributed by atoms with Crippen LogP contribution < -0.4 is 5.48 Å². The van der Waals surface area contributed by atoms with E-state index >= 15 is 0 Å². The minimum atomic E-state index is -0.769. The van der Waals surface area contributed by atoms with E-state index in [4.69, 9.17) is 0 Å². The summed E-state index contributed by atoms with van der Waals surface area (Å²) in [7, 11) is 0. The van der Waals surface area contributed by atoms with Crippen LogP contribution >= 0.6 is 0 Å². The van der Waals surface area contributed by atoms with E-state index in [-0.39, 0.29) is 11.1 Å². The Hall–Kier alpha value is -1.72. The molecule has 0 aliphatic heterocycles. The maximum absolute atomic E-state index is 11.0. The zero-order valence-corrected chi connectivity index (χ0v) is 6.44. The predicted octanol–water partition coefficient (Wildman–Crippen LogP) is 0.151. The van der Waals surface area contributed by atoms with Gasteiger partial charge in [0.25, 0.3) is 5.91 Å². The van der Waals surface area contributed by atoms with Gasteiger partial charge in [-0.3, -0.25) is 9.59 Å². The molecule has 0 aliphatic rings. The van der Waals surface area contributed by atoms with Gasteiger partial charge in [-0.15, -0.1) is 0 Å². The third-order valence-corrected chi connectivity index (χ3v) is 1.42. The van der Waals surface area contributed by atoms with Gasteiger partial charge in [-0.2, -0.15) is 5.48 Å². The van der Waals surface area contributed by atoms with E-state index in [0.717, 1.165) is 0 Å². The Morgan fingerprint density at radius 2 is 2.08 bits per heavy atom. The number of carbonyl (C=O) groups is 1. The molecule has 0 saturated carbocycles. The van der Waals surface area contributed by atoms with Crippen molar-refractivity contribution in [3.63, 3.8) is 0 Å². The first-order valence-electron chi connectivity index (χ1n) is 3.36. The molecule has 0 aromatic heterocycles. The second-order valence-electron chi connectivity index (χ2n) is 2.16. The maximum atomic E-state index is 11.0. The second-order valence-corrected chi connectivity index (χ2v) is 2.16. The van der Waals surface area contributed by atoms with Crippen molar-refractivity contribution in [2.75, 3.05) is 0 Å². The van der Waals surface area contributed by atoms with E-state index in [1.54, 1.807) is 23.9 Å². The van der Waals surface area contributed by atoms with Crippen LogP contribution in [0.15, 0.2) is 24.3 Å². The van der Waals surface area contributed by atoms with Crippen molar-refractivity contribution in [3.8, 4) is 0 Å². The molecule has 1 aromatic carbocycles. The summed E-state index contributed by atoms with van der Waals surface area (Å²) in [6.45, 7) is 0. The van der Waals surface area contributed by atoms with Crippen molar-refractivity contribution in [1.82, 2.24) is 5.48 Å². The molecule has 1 rings (SSSR count). The molecule has 66 valence electrons. The number of hydrogen-bond acceptors (Lipinski definition) is 3. The number of benzene rings is 1. The first-order valence-corrected chi connectivity index (χ1v) is 3.36. The molecule has 0 spiro atoms. The first kappa shape index (κ1) is 9.37. The Morgan fingerprint density at radius 1 is 1.38 bits per heavy atom. The summed E-state index contributed by atoms with van der Waals surface area (Å²) in [5, 5.41) is 9.58. The molecule has 2 radical (unpaired) electrons. The number of amides is 1. The van der Waals surface area contributed by atoms with Crippen molar-refractivity contribution in [3.05, 3.63) is 35.4 Å². The molecule has 5 heteroatoms. The summed E-state index contributed by atoms with van der Waals surface area (Å²) in [6.07, 6.45) is 1.57. The lowest BCUT2D eigenvalue weighted by Crippen LogP contribution is -2.22. The highest BCUT2D eigenvalue weighted by atomic mass is 17.2. The van der Waals surface area contributed by atoms with Crippen LogP contribution in [0.2, 0.25) is 0 Å². The lowest BCUT2D eigenvalue weighted by molar-refractivity contribution is -0.335. The van der Waals surface area contributed by atoms with Crippen LogP contribution in [0, 0.1) is 0 Å². The van der Waals surface area contributed by atoms with Crippen molar-refractivity contribution in [1.29, 1.82) is 0 Å². The Bertz CT molecular complexity index is 324. The molecule has 1 aromatic rings. The maximum Gasteiger partial charge on any atom is 0.278 e. The molecule has 0 fully saturated rings. The van der Waals surface area contributed by atoms with E-state index < -0.39 is 5.91 Å². The summed E-state index contributed by atoms with van der Waals surface area (Å²) in [5.41, 5.74) is 1.69. The van der Waals surface area contributed by atoms with Crippen LogP contribution in [-0.2, 0) is 15.0 Å². The van der Waals surface area contributed by atoms with E-state index in [1.807, 2.05) is 0 Å². The van der Waals surface area contributed by atoms with E-state index in [2.05, 4.69) is 4.99 Å². The lowest BCUT2D eigenvalue weighted by atomic mass is 10.1. The minimum Gasteiger partial charge on any atom is -0.285 e. The SMILES string of the molecule is [O]ONC(=O)c1ccccc1[C]=O. The zero-order chi connectivity index (χ0) is 9.68. The molecule has 0 aliphatic carbocycles. The van der Waals surface area contributed by atoms with Crippen molar-refractivity contribution >= 4 is 12.2 Å². The molecular weight excluding hydrogens is 174 g/mol. The largest absolute Gasteiger partial charge is 0.285 e. The van der Waals surface area contributed by atoms with Gasteiger partial charge in [-0.05, 0) is 11.3 Å². The van der Waals surface area contributed by atoms with Crippen LogP contribution in [0.5, 0.6) is 0 Å². The second kappa shape index (κ2) is 4.34. The average molecular weight is 179 g/mol. The molecule has 0 bridgehead atoms. The van der Waals surface area contributed by atoms with Crippen LogP contribution in [0.3, 0.4) is 0 Å². The van der Waals surface area contributed by atoms with Crippen LogP contribution in [0.25, 0.3) is 0 Å². The smallest absolute Gasteiger partial charge is 0.278 e. The number of rotatable bonds is 3. The van der Waals surface area contributed by atoms with Crippen molar-refractivity contribution < 1.29 is 19.8 Å². The zero-order valence-electron chi connectivity index (χ0n) is 6.44. The molecule has 13 heavy (non-hydrogen) atoms. The number of nitrogens with one attached hydrogen (secondary N) is 1. The predicted molar refractivity (Wildman–Crippen MR) is 40.5 cm³/mol. The van der Waals surface area contributed by atoms with Gasteiger partial charge < -0.3 is 0 Å². The molecule has 0 heterocycles. The summed E-state index contributed by atoms with van der Waals surface area (Å²) >= 11 is 0. The minimum absolute atomic E-state index is 0.0494. The van der Waals surface area contributed by atoms with Gasteiger partial charge in [0.05, 0.1) is 5.56 Å². The monoisotopic (exact) mass is 179 g/mol. The van der Waals surface area contributed by atoms with Crippen LogP contribution in [0.1, 0.15) is 15.9 Å². The standard InChI is InChI=1S/C8H5NO4/c10-5-6-3-1-2-4-7(6)8(11)9-13-12/h1-4H,(H,9,11). The Morgan fingerprint density at radius 3 is 2.69 bits per heavy atom. The molecular formula is C8H5NO4. The third kappa shape index (κ3) is 2.11. The Balaban J connectivity index is 2.98. The fraction of sp³-hybridized carbons (Fsp3) is 0. The molecule has 5 nitrogen and oxygen atoms in total. The number of carbonyl (C=O) groups excluding carboxylic acids is 2. The summed E-state index contributed by atoms with van der Waals surface area (Å²) in [6, 6.07) is 5.93. The van der Waals surface area contributed by atoms with Crippen LogP contribution in [-0.4, -0.2) is 12.2 Å². The van der Waals surface area contributed by atoms with E-state index in [0.29, 0.717) is 0 Å².